The number of nitro groups is 1. The Morgan fingerprint density at radius 3 is 2.81 bits per heavy atom. The second-order valence-electron chi connectivity index (χ2n) is 4.93. The van der Waals surface area contributed by atoms with Crippen LogP contribution in [0.4, 0.5) is 14.5 Å². The van der Waals surface area contributed by atoms with Crippen LogP contribution in [-0.2, 0) is 0 Å². The molecule has 114 valence electrons. The van der Waals surface area contributed by atoms with E-state index < -0.39 is 33.7 Å². The number of likely N-dealkylation sites (tertiary alicyclic amines) is 1. The van der Waals surface area contributed by atoms with Crippen LogP contribution in [-0.4, -0.2) is 34.7 Å². The molecule has 1 amide bonds. The average molecular weight is 319 g/mol. The minimum atomic E-state index is -1.43. The van der Waals surface area contributed by atoms with Gasteiger partial charge in [-0.15, -0.1) is 11.6 Å². The second-order valence-corrected chi connectivity index (χ2v) is 5.23. The quantitative estimate of drug-likeness (QED) is 0.489. The first-order valence-corrected chi connectivity index (χ1v) is 6.96. The number of carbonyl (C=O) groups excluding carboxylic acids is 1. The van der Waals surface area contributed by atoms with Crippen molar-refractivity contribution in [1.82, 2.24) is 4.90 Å². The number of alkyl halides is 1. The van der Waals surface area contributed by atoms with Crippen molar-refractivity contribution in [2.45, 2.75) is 12.8 Å². The van der Waals surface area contributed by atoms with Crippen LogP contribution in [0.1, 0.15) is 23.2 Å². The highest BCUT2D eigenvalue weighted by molar-refractivity contribution is 6.18. The van der Waals surface area contributed by atoms with Gasteiger partial charge in [0.05, 0.1) is 4.92 Å². The number of halogens is 3. The molecule has 1 aromatic carbocycles. The predicted molar refractivity (Wildman–Crippen MR) is 72.4 cm³/mol. The van der Waals surface area contributed by atoms with Crippen LogP contribution in [0.3, 0.4) is 0 Å². The van der Waals surface area contributed by atoms with E-state index in [0.717, 1.165) is 12.5 Å². The highest BCUT2D eigenvalue weighted by Crippen LogP contribution is 2.26. The van der Waals surface area contributed by atoms with Gasteiger partial charge < -0.3 is 4.90 Å². The van der Waals surface area contributed by atoms with Gasteiger partial charge in [0, 0.05) is 25.0 Å². The maximum absolute atomic E-state index is 14.0. The third-order valence-corrected chi connectivity index (χ3v) is 3.94. The summed E-state index contributed by atoms with van der Waals surface area (Å²) < 4.78 is 27.8. The molecular formula is C13H13ClF2N2O3. The molecule has 21 heavy (non-hydrogen) atoms. The molecule has 0 N–H and O–H groups in total. The molecule has 2 rings (SSSR count). The maximum Gasteiger partial charge on any atom is 0.305 e. The molecule has 1 saturated heterocycles. The van der Waals surface area contributed by atoms with Gasteiger partial charge in [-0.25, -0.2) is 4.39 Å². The van der Waals surface area contributed by atoms with Gasteiger partial charge in [0.2, 0.25) is 5.82 Å². The lowest BCUT2D eigenvalue weighted by Crippen LogP contribution is -2.41. The first-order valence-electron chi connectivity index (χ1n) is 6.43. The van der Waals surface area contributed by atoms with Gasteiger partial charge in [-0.1, -0.05) is 0 Å². The number of hydrogen-bond acceptors (Lipinski definition) is 3. The van der Waals surface area contributed by atoms with Gasteiger partial charge in [-0.2, -0.15) is 4.39 Å². The van der Waals surface area contributed by atoms with E-state index >= 15 is 0 Å². The monoisotopic (exact) mass is 318 g/mol. The summed E-state index contributed by atoms with van der Waals surface area (Å²) >= 11 is 5.75. The summed E-state index contributed by atoms with van der Waals surface area (Å²) in [5.74, 6) is -2.99. The molecule has 5 nitrogen and oxygen atoms in total. The Bertz CT molecular complexity index is 583. The fourth-order valence-corrected chi connectivity index (χ4v) is 2.66. The SMILES string of the molecule is O=C(c1c(F)ccc([N+](=O)[O-])c1F)N1CCCC(CCl)C1. The minimum Gasteiger partial charge on any atom is -0.338 e. The summed E-state index contributed by atoms with van der Waals surface area (Å²) in [4.78, 5) is 23.3. The van der Waals surface area contributed by atoms with Crippen molar-refractivity contribution in [2.24, 2.45) is 5.92 Å². The summed E-state index contributed by atoms with van der Waals surface area (Å²) in [6.07, 6.45) is 1.52. The molecule has 0 aliphatic carbocycles. The van der Waals surface area contributed by atoms with Gasteiger partial charge in [0.15, 0.2) is 0 Å². The molecule has 0 saturated carbocycles. The molecule has 1 fully saturated rings. The number of nitro benzene ring substituents is 1. The first kappa shape index (κ1) is 15.6. The fourth-order valence-electron chi connectivity index (χ4n) is 2.41. The smallest absolute Gasteiger partial charge is 0.305 e. The molecule has 1 aliphatic rings. The Kier molecular flexibility index (Phi) is 4.72. The molecule has 1 aliphatic heterocycles. The number of piperidine rings is 1. The molecular weight excluding hydrogens is 306 g/mol. The number of amides is 1. The largest absolute Gasteiger partial charge is 0.338 e. The van der Waals surface area contributed by atoms with E-state index in [-0.39, 0.29) is 5.92 Å². The zero-order chi connectivity index (χ0) is 15.6. The third-order valence-electron chi connectivity index (χ3n) is 3.51. The fraction of sp³-hybridized carbons (Fsp3) is 0.462. The first-order chi connectivity index (χ1) is 9.95. The van der Waals surface area contributed by atoms with Gasteiger partial charge >= 0.3 is 5.69 Å². The second kappa shape index (κ2) is 6.34. The van der Waals surface area contributed by atoms with Gasteiger partial charge in [-0.3, -0.25) is 14.9 Å². The average Bonchev–Trinajstić information content (AvgIpc) is 2.46. The minimum absolute atomic E-state index is 0.0641. The van der Waals surface area contributed by atoms with Crippen molar-refractivity contribution < 1.29 is 18.5 Å². The highest BCUT2D eigenvalue weighted by Gasteiger charge is 2.31. The van der Waals surface area contributed by atoms with E-state index in [1.807, 2.05) is 0 Å². The van der Waals surface area contributed by atoms with E-state index in [0.29, 0.717) is 31.5 Å². The number of benzene rings is 1. The van der Waals surface area contributed by atoms with E-state index in [9.17, 15) is 23.7 Å². The van der Waals surface area contributed by atoms with Crippen molar-refractivity contribution in [3.63, 3.8) is 0 Å². The molecule has 0 bridgehead atoms. The predicted octanol–water partition coefficient (Wildman–Crippen LogP) is 2.96. The summed E-state index contributed by atoms with van der Waals surface area (Å²) in [7, 11) is 0. The molecule has 1 heterocycles. The van der Waals surface area contributed by atoms with Gasteiger partial charge in [0.25, 0.3) is 5.91 Å². The van der Waals surface area contributed by atoms with Crippen molar-refractivity contribution in [2.75, 3.05) is 19.0 Å². The molecule has 0 spiro atoms. The van der Waals surface area contributed by atoms with Crippen molar-refractivity contribution in [3.05, 3.63) is 39.4 Å². The van der Waals surface area contributed by atoms with Crippen LogP contribution < -0.4 is 0 Å². The van der Waals surface area contributed by atoms with E-state index in [2.05, 4.69) is 0 Å². The van der Waals surface area contributed by atoms with E-state index in [4.69, 9.17) is 11.6 Å². The van der Waals surface area contributed by atoms with Crippen molar-refractivity contribution in [3.8, 4) is 0 Å². The molecule has 8 heteroatoms. The van der Waals surface area contributed by atoms with Crippen LogP contribution in [0.2, 0.25) is 0 Å². The molecule has 1 aromatic rings. The number of nitrogens with zero attached hydrogens (tertiary/aromatic N) is 2. The zero-order valence-electron chi connectivity index (χ0n) is 11.0. The Morgan fingerprint density at radius 1 is 1.48 bits per heavy atom. The Balaban J connectivity index is 2.34. The molecule has 0 radical (unpaired) electrons. The lowest BCUT2D eigenvalue weighted by molar-refractivity contribution is -0.387. The molecule has 0 aromatic heterocycles. The zero-order valence-corrected chi connectivity index (χ0v) is 11.8. The van der Waals surface area contributed by atoms with Crippen molar-refractivity contribution in [1.29, 1.82) is 0 Å². The van der Waals surface area contributed by atoms with Crippen LogP contribution in [0.15, 0.2) is 12.1 Å². The summed E-state index contributed by atoms with van der Waals surface area (Å²) in [6.45, 7) is 0.650. The standard InChI is InChI=1S/C13H13ClF2N2O3/c14-6-8-2-1-5-17(7-8)13(19)11-9(15)3-4-10(12(11)16)18(20)21/h3-4,8H,1-2,5-7H2. The number of carbonyl (C=O) groups is 1. The maximum atomic E-state index is 14.0. The van der Waals surface area contributed by atoms with Crippen LogP contribution in [0.5, 0.6) is 0 Å². The molecule has 1 atom stereocenters. The lowest BCUT2D eigenvalue weighted by Gasteiger charge is -2.31. The van der Waals surface area contributed by atoms with Gasteiger partial charge in [-0.05, 0) is 24.8 Å². The van der Waals surface area contributed by atoms with E-state index in [1.54, 1.807) is 0 Å². The summed E-state index contributed by atoms with van der Waals surface area (Å²) in [6, 6.07) is 1.44. The third kappa shape index (κ3) is 3.12. The normalized spacial score (nSPS) is 18.6. The Hall–Kier alpha value is -1.76. The highest BCUT2D eigenvalue weighted by atomic mass is 35.5. The van der Waals surface area contributed by atoms with E-state index in [1.165, 1.54) is 4.90 Å². The van der Waals surface area contributed by atoms with Crippen molar-refractivity contribution >= 4 is 23.2 Å². The Labute approximate surface area is 124 Å². The molecule has 1 unspecified atom stereocenters. The number of hydrogen-bond donors (Lipinski definition) is 0. The lowest BCUT2D eigenvalue weighted by atomic mass is 9.99. The summed E-state index contributed by atoms with van der Waals surface area (Å²) in [5.41, 5.74) is -1.79. The number of rotatable bonds is 3. The van der Waals surface area contributed by atoms with Gasteiger partial charge in [0.1, 0.15) is 11.4 Å². The summed E-state index contributed by atoms with van der Waals surface area (Å²) in [5, 5.41) is 10.7. The van der Waals surface area contributed by atoms with Crippen LogP contribution in [0, 0.1) is 27.7 Å². The topological polar surface area (TPSA) is 63.4 Å². The Morgan fingerprint density at radius 2 is 2.19 bits per heavy atom. The van der Waals surface area contributed by atoms with Crippen LogP contribution in [0.25, 0.3) is 0 Å². The van der Waals surface area contributed by atoms with Crippen LogP contribution >= 0.6 is 11.6 Å².